The summed E-state index contributed by atoms with van der Waals surface area (Å²) in [5.41, 5.74) is 1.47. The fourth-order valence-corrected chi connectivity index (χ4v) is 2.37. The van der Waals surface area contributed by atoms with Crippen LogP contribution in [0.15, 0.2) is 30.3 Å². The Kier molecular flexibility index (Phi) is 6.17. The highest BCUT2D eigenvalue weighted by Crippen LogP contribution is 2.15. The molecule has 0 amide bonds. The number of hydrogen-bond acceptors (Lipinski definition) is 1. The Morgan fingerprint density at radius 2 is 1.88 bits per heavy atom. The second-order valence-electron chi connectivity index (χ2n) is 4.66. The molecule has 0 bridgehead atoms. The van der Waals surface area contributed by atoms with E-state index in [9.17, 15) is 0 Å². The Balaban J connectivity index is 2.25. The first-order valence-electron chi connectivity index (χ1n) is 6.49. The van der Waals surface area contributed by atoms with E-state index >= 15 is 0 Å². The van der Waals surface area contributed by atoms with Crippen LogP contribution >= 0.6 is 0 Å². The molecule has 1 aromatic rings. The van der Waals surface area contributed by atoms with Gasteiger partial charge in [0.2, 0.25) is 0 Å². The molecule has 0 radical (unpaired) electrons. The van der Waals surface area contributed by atoms with Crippen molar-refractivity contribution in [1.29, 1.82) is 0 Å². The van der Waals surface area contributed by atoms with Crippen LogP contribution in [0.25, 0.3) is 0 Å². The van der Waals surface area contributed by atoms with Gasteiger partial charge in [-0.05, 0) is 44.2 Å². The lowest BCUT2D eigenvalue weighted by Crippen LogP contribution is -2.31. The summed E-state index contributed by atoms with van der Waals surface area (Å²) in [6.07, 6.45) is 5.05. The molecule has 0 aliphatic heterocycles. The average molecular weight is 219 g/mol. The highest BCUT2D eigenvalue weighted by molar-refractivity contribution is 5.14. The zero-order chi connectivity index (χ0) is 11.8. The number of nitrogens with one attached hydrogen (secondary N) is 1. The summed E-state index contributed by atoms with van der Waals surface area (Å²) in [7, 11) is 2.07. The van der Waals surface area contributed by atoms with Crippen molar-refractivity contribution >= 4 is 0 Å². The lowest BCUT2D eigenvalue weighted by Gasteiger charge is -2.21. The van der Waals surface area contributed by atoms with Gasteiger partial charge in [0.25, 0.3) is 0 Å². The molecule has 0 aliphatic rings. The second kappa shape index (κ2) is 7.45. The number of hydrogen-bond donors (Lipinski definition) is 1. The first kappa shape index (κ1) is 13.2. The molecular weight excluding hydrogens is 194 g/mol. The van der Waals surface area contributed by atoms with Crippen molar-refractivity contribution in [3.63, 3.8) is 0 Å². The zero-order valence-corrected chi connectivity index (χ0v) is 10.9. The van der Waals surface area contributed by atoms with Gasteiger partial charge >= 0.3 is 0 Å². The molecule has 0 saturated carbocycles. The molecule has 0 saturated heterocycles. The maximum atomic E-state index is 3.40. The Hall–Kier alpha value is -0.820. The second-order valence-corrected chi connectivity index (χ2v) is 4.66. The number of rotatable bonds is 7. The molecule has 2 unspecified atom stereocenters. The molecule has 1 heteroatoms. The summed E-state index contributed by atoms with van der Waals surface area (Å²) < 4.78 is 0. The largest absolute Gasteiger partial charge is 0.317 e. The van der Waals surface area contributed by atoms with E-state index in [1.807, 2.05) is 0 Å². The van der Waals surface area contributed by atoms with E-state index in [0.29, 0.717) is 6.04 Å². The van der Waals surface area contributed by atoms with Gasteiger partial charge in [-0.15, -0.1) is 0 Å². The first-order valence-corrected chi connectivity index (χ1v) is 6.49. The quantitative estimate of drug-likeness (QED) is 0.738. The summed E-state index contributed by atoms with van der Waals surface area (Å²) in [5, 5.41) is 3.40. The number of aryl methyl sites for hydroxylation is 1. The SMILES string of the molecule is CCC(NC)C(C)CCCc1ccccc1. The predicted molar refractivity (Wildman–Crippen MR) is 71.7 cm³/mol. The summed E-state index contributed by atoms with van der Waals surface area (Å²) in [5.74, 6) is 0.777. The topological polar surface area (TPSA) is 12.0 Å². The van der Waals surface area contributed by atoms with E-state index < -0.39 is 0 Å². The van der Waals surface area contributed by atoms with Gasteiger partial charge in [-0.1, -0.05) is 44.2 Å². The molecule has 0 heterocycles. The third-order valence-electron chi connectivity index (χ3n) is 3.47. The fourth-order valence-electron chi connectivity index (χ4n) is 2.37. The Morgan fingerprint density at radius 3 is 2.44 bits per heavy atom. The van der Waals surface area contributed by atoms with Crippen LogP contribution in [0.4, 0.5) is 0 Å². The molecule has 1 N–H and O–H groups in total. The lowest BCUT2D eigenvalue weighted by atomic mass is 9.93. The van der Waals surface area contributed by atoms with Crippen molar-refractivity contribution in [3.8, 4) is 0 Å². The molecule has 0 spiro atoms. The number of benzene rings is 1. The van der Waals surface area contributed by atoms with Crippen LogP contribution in [-0.4, -0.2) is 13.1 Å². The smallest absolute Gasteiger partial charge is 0.00870 e. The maximum Gasteiger partial charge on any atom is 0.00870 e. The standard InChI is InChI=1S/C15H25N/c1-4-15(16-3)13(2)9-8-12-14-10-6-5-7-11-14/h5-7,10-11,13,15-16H,4,8-9,12H2,1-3H3. The molecule has 1 nitrogen and oxygen atoms in total. The molecule has 1 aromatic carbocycles. The molecule has 16 heavy (non-hydrogen) atoms. The van der Waals surface area contributed by atoms with Crippen molar-refractivity contribution in [2.75, 3.05) is 7.05 Å². The zero-order valence-electron chi connectivity index (χ0n) is 10.9. The minimum Gasteiger partial charge on any atom is -0.317 e. The van der Waals surface area contributed by atoms with Crippen LogP contribution < -0.4 is 5.32 Å². The first-order chi connectivity index (χ1) is 7.77. The van der Waals surface area contributed by atoms with Crippen LogP contribution in [0.2, 0.25) is 0 Å². The van der Waals surface area contributed by atoms with E-state index in [1.54, 1.807) is 0 Å². The Bertz CT molecular complexity index is 264. The van der Waals surface area contributed by atoms with Gasteiger partial charge in [0.15, 0.2) is 0 Å². The molecule has 2 atom stereocenters. The predicted octanol–water partition coefficient (Wildman–Crippen LogP) is 3.64. The third kappa shape index (κ3) is 4.36. The van der Waals surface area contributed by atoms with E-state index in [2.05, 4.69) is 56.5 Å². The van der Waals surface area contributed by atoms with Crippen molar-refractivity contribution in [1.82, 2.24) is 5.32 Å². The Morgan fingerprint density at radius 1 is 1.19 bits per heavy atom. The van der Waals surface area contributed by atoms with Gasteiger partial charge in [0.1, 0.15) is 0 Å². The highest BCUT2D eigenvalue weighted by atomic mass is 14.9. The van der Waals surface area contributed by atoms with Crippen molar-refractivity contribution in [2.45, 2.75) is 45.6 Å². The van der Waals surface area contributed by atoms with Gasteiger partial charge in [-0.25, -0.2) is 0 Å². The van der Waals surface area contributed by atoms with Crippen LogP contribution in [-0.2, 0) is 6.42 Å². The van der Waals surface area contributed by atoms with Crippen molar-refractivity contribution in [3.05, 3.63) is 35.9 Å². The molecule has 0 aliphatic carbocycles. The van der Waals surface area contributed by atoms with E-state index in [0.717, 1.165) is 5.92 Å². The van der Waals surface area contributed by atoms with Gasteiger partial charge in [-0.3, -0.25) is 0 Å². The monoisotopic (exact) mass is 219 g/mol. The van der Waals surface area contributed by atoms with E-state index in [1.165, 1.54) is 31.2 Å². The molecule has 1 rings (SSSR count). The normalized spacial score (nSPS) is 14.7. The van der Waals surface area contributed by atoms with E-state index in [4.69, 9.17) is 0 Å². The lowest BCUT2D eigenvalue weighted by molar-refractivity contribution is 0.360. The van der Waals surface area contributed by atoms with Gasteiger partial charge in [-0.2, -0.15) is 0 Å². The summed E-state index contributed by atoms with van der Waals surface area (Å²) >= 11 is 0. The minimum absolute atomic E-state index is 0.677. The molecule has 0 fully saturated rings. The summed E-state index contributed by atoms with van der Waals surface area (Å²) in [6, 6.07) is 11.5. The van der Waals surface area contributed by atoms with Gasteiger partial charge < -0.3 is 5.32 Å². The minimum atomic E-state index is 0.677. The summed E-state index contributed by atoms with van der Waals surface area (Å²) in [6.45, 7) is 4.62. The van der Waals surface area contributed by atoms with Crippen LogP contribution in [0.5, 0.6) is 0 Å². The summed E-state index contributed by atoms with van der Waals surface area (Å²) in [4.78, 5) is 0. The molecular formula is C15H25N. The maximum absolute atomic E-state index is 3.40. The third-order valence-corrected chi connectivity index (χ3v) is 3.47. The highest BCUT2D eigenvalue weighted by Gasteiger charge is 2.12. The van der Waals surface area contributed by atoms with Crippen molar-refractivity contribution in [2.24, 2.45) is 5.92 Å². The Labute approximate surface area is 100 Å². The van der Waals surface area contributed by atoms with Crippen LogP contribution in [0.3, 0.4) is 0 Å². The van der Waals surface area contributed by atoms with Crippen molar-refractivity contribution < 1.29 is 0 Å². The van der Waals surface area contributed by atoms with Gasteiger partial charge in [0.05, 0.1) is 0 Å². The van der Waals surface area contributed by atoms with Gasteiger partial charge in [0, 0.05) is 6.04 Å². The average Bonchev–Trinajstić information content (AvgIpc) is 2.32. The molecule has 0 aromatic heterocycles. The van der Waals surface area contributed by atoms with Crippen LogP contribution in [0.1, 0.15) is 38.7 Å². The fraction of sp³-hybridized carbons (Fsp3) is 0.600. The molecule has 90 valence electrons. The van der Waals surface area contributed by atoms with Crippen LogP contribution in [0, 0.1) is 5.92 Å². The van der Waals surface area contributed by atoms with E-state index in [-0.39, 0.29) is 0 Å².